The molecule has 1 N–H and O–H groups in total. The lowest BCUT2D eigenvalue weighted by molar-refractivity contribution is 0.0952. The van der Waals surface area contributed by atoms with Crippen LogP contribution in [0.2, 0.25) is 0 Å². The Kier molecular flexibility index (Phi) is 6.84. The summed E-state index contributed by atoms with van der Waals surface area (Å²) in [5.41, 5.74) is 1.47. The maximum atomic E-state index is 12.1. The van der Waals surface area contributed by atoms with Crippen LogP contribution in [0.3, 0.4) is 0 Å². The highest BCUT2D eigenvalue weighted by molar-refractivity contribution is 5.94. The highest BCUT2D eigenvalue weighted by atomic mass is 16.6. The van der Waals surface area contributed by atoms with Gasteiger partial charge in [-0.25, -0.2) is 4.79 Å². The lowest BCUT2D eigenvalue weighted by Crippen LogP contribution is -2.49. The lowest BCUT2D eigenvalue weighted by atomic mass is 10.2. The molecule has 2 amide bonds. The number of anilines is 1. The largest absolute Gasteiger partial charge is 0.450 e. The van der Waals surface area contributed by atoms with Crippen LogP contribution in [0.25, 0.3) is 0 Å². The number of rotatable bonds is 6. The van der Waals surface area contributed by atoms with Gasteiger partial charge in [0.1, 0.15) is 0 Å². The molecule has 132 valence electrons. The second kappa shape index (κ2) is 9.10. The highest BCUT2D eigenvalue weighted by Gasteiger charge is 2.22. The van der Waals surface area contributed by atoms with Crippen LogP contribution in [-0.2, 0) is 4.74 Å². The maximum absolute atomic E-state index is 12.1. The van der Waals surface area contributed by atoms with Crippen molar-refractivity contribution in [3.63, 3.8) is 0 Å². The van der Waals surface area contributed by atoms with E-state index in [4.69, 9.17) is 4.74 Å². The minimum absolute atomic E-state index is 0.0945. The Morgan fingerprint density at radius 2 is 1.96 bits per heavy atom. The molecule has 1 fully saturated rings. The molecule has 2 rings (SSSR count). The summed E-state index contributed by atoms with van der Waals surface area (Å²) in [7, 11) is 0. The van der Waals surface area contributed by atoms with E-state index in [1.54, 1.807) is 24.2 Å². The molecule has 24 heavy (non-hydrogen) atoms. The van der Waals surface area contributed by atoms with Crippen LogP contribution < -0.4 is 10.2 Å². The van der Waals surface area contributed by atoms with Gasteiger partial charge in [-0.1, -0.05) is 13.3 Å². The number of nitrogens with one attached hydrogen (secondary N) is 1. The summed E-state index contributed by atoms with van der Waals surface area (Å²) in [6.07, 6.45) is 5.08. The van der Waals surface area contributed by atoms with Crippen molar-refractivity contribution in [1.29, 1.82) is 0 Å². The van der Waals surface area contributed by atoms with E-state index in [9.17, 15) is 9.59 Å². The first kappa shape index (κ1) is 18.0. The van der Waals surface area contributed by atoms with E-state index in [1.165, 1.54) is 0 Å². The molecule has 1 aliphatic heterocycles. The van der Waals surface area contributed by atoms with E-state index in [1.807, 2.05) is 6.07 Å². The maximum Gasteiger partial charge on any atom is 0.409 e. The number of pyridine rings is 1. The second-order valence-electron chi connectivity index (χ2n) is 5.71. The molecule has 0 atom stereocenters. The summed E-state index contributed by atoms with van der Waals surface area (Å²) in [4.78, 5) is 31.9. The molecule has 1 saturated heterocycles. The van der Waals surface area contributed by atoms with Gasteiger partial charge in [-0.3, -0.25) is 9.78 Å². The molecule has 1 aromatic heterocycles. The number of hydrogen-bond acceptors (Lipinski definition) is 5. The number of carbonyl (C=O) groups excluding carboxylic acids is 2. The highest BCUT2D eigenvalue weighted by Crippen LogP contribution is 2.17. The third-order valence-electron chi connectivity index (χ3n) is 3.97. The zero-order valence-corrected chi connectivity index (χ0v) is 14.5. The van der Waals surface area contributed by atoms with Crippen molar-refractivity contribution in [3.05, 3.63) is 24.0 Å². The average Bonchev–Trinajstić information content (AvgIpc) is 2.62. The van der Waals surface area contributed by atoms with Crippen molar-refractivity contribution in [1.82, 2.24) is 15.2 Å². The smallest absolute Gasteiger partial charge is 0.409 e. The van der Waals surface area contributed by atoms with Gasteiger partial charge in [0.25, 0.3) is 5.91 Å². The molecule has 1 aromatic rings. The van der Waals surface area contributed by atoms with Gasteiger partial charge in [0.2, 0.25) is 0 Å². The molecular formula is C17H26N4O3. The molecule has 2 heterocycles. The predicted molar refractivity (Wildman–Crippen MR) is 92.3 cm³/mol. The molecule has 0 unspecified atom stereocenters. The van der Waals surface area contributed by atoms with E-state index < -0.39 is 0 Å². The number of nitrogens with zero attached hydrogens (tertiary/aromatic N) is 3. The van der Waals surface area contributed by atoms with Crippen LogP contribution in [-0.4, -0.2) is 61.2 Å². The number of aromatic nitrogens is 1. The fraction of sp³-hybridized carbons (Fsp3) is 0.588. The normalized spacial score (nSPS) is 14.4. The molecule has 7 heteroatoms. The van der Waals surface area contributed by atoms with Gasteiger partial charge in [0.15, 0.2) is 0 Å². The van der Waals surface area contributed by atoms with Gasteiger partial charge in [-0.2, -0.15) is 0 Å². The third-order valence-corrected chi connectivity index (χ3v) is 3.97. The fourth-order valence-corrected chi connectivity index (χ4v) is 2.57. The first-order chi connectivity index (χ1) is 11.7. The van der Waals surface area contributed by atoms with Crippen molar-refractivity contribution in [2.24, 2.45) is 0 Å². The van der Waals surface area contributed by atoms with Crippen LogP contribution in [0, 0.1) is 0 Å². The molecule has 0 saturated carbocycles. The Morgan fingerprint density at radius 3 is 2.62 bits per heavy atom. The van der Waals surface area contributed by atoms with E-state index in [0.29, 0.717) is 44.9 Å². The first-order valence-electron chi connectivity index (χ1n) is 8.55. The molecule has 0 aliphatic carbocycles. The number of carbonyl (C=O) groups is 2. The van der Waals surface area contributed by atoms with E-state index in [-0.39, 0.29) is 12.0 Å². The summed E-state index contributed by atoms with van der Waals surface area (Å²) in [5.74, 6) is -0.0945. The fourth-order valence-electron chi connectivity index (χ4n) is 2.57. The summed E-state index contributed by atoms with van der Waals surface area (Å²) >= 11 is 0. The zero-order valence-electron chi connectivity index (χ0n) is 14.5. The van der Waals surface area contributed by atoms with Gasteiger partial charge >= 0.3 is 6.09 Å². The van der Waals surface area contributed by atoms with Crippen LogP contribution in [0.15, 0.2) is 18.5 Å². The Balaban J connectivity index is 1.92. The summed E-state index contributed by atoms with van der Waals surface area (Å²) in [5, 5.41) is 2.90. The minimum Gasteiger partial charge on any atom is -0.450 e. The van der Waals surface area contributed by atoms with Crippen molar-refractivity contribution in [3.8, 4) is 0 Å². The van der Waals surface area contributed by atoms with Gasteiger partial charge in [-0.05, 0) is 19.4 Å². The van der Waals surface area contributed by atoms with Crippen molar-refractivity contribution >= 4 is 17.7 Å². The number of hydrogen-bond donors (Lipinski definition) is 1. The third kappa shape index (κ3) is 4.84. The van der Waals surface area contributed by atoms with Gasteiger partial charge in [0, 0.05) is 38.9 Å². The van der Waals surface area contributed by atoms with Crippen LogP contribution in [0.1, 0.15) is 37.0 Å². The minimum atomic E-state index is -0.265. The molecule has 0 bridgehead atoms. The second-order valence-corrected chi connectivity index (χ2v) is 5.71. The Hall–Kier alpha value is -2.31. The lowest BCUT2D eigenvalue weighted by Gasteiger charge is -2.35. The average molecular weight is 334 g/mol. The van der Waals surface area contributed by atoms with Crippen LogP contribution in [0.5, 0.6) is 0 Å². The van der Waals surface area contributed by atoms with Crippen LogP contribution >= 0.6 is 0 Å². The molecule has 7 nitrogen and oxygen atoms in total. The SMILES string of the molecule is CCCCNC(=O)c1cncc(N2CCN(C(=O)OCC)CC2)c1. The zero-order chi connectivity index (χ0) is 17.4. The number of unbranched alkanes of at least 4 members (excludes halogenated alkanes) is 1. The van der Waals surface area contributed by atoms with Crippen molar-refractivity contribution < 1.29 is 14.3 Å². The standard InChI is InChI=1S/C17H26N4O3/c1-3-5-6-19-16(22)14-11-15(13-18-12-14)20-7-9-21(10-8-20)17(23)24-4-2/h11-13H,3-10H2,1-2H3,(H,19,22). The summed E-state index contributed by atoms with van der Waals surface area (Å²) in [6.45, 7) is 7.55. The van der Waals surface area contributed by atoms with E-state index >= 15 is 0 Å². The van der Waals surface area contributed by atoms with Crippen molar-refractivity contribution in [2.45, 2.75) is 26.7 Å². The van der Waals surface area contributed by atoms with E-state index in [0.717, 1.165) is 18.5 Å². The summed E-state index contributed by atoms with van der Waals surface area (Å²) < 4.78 is 5.02. The molecule has 1 aliphatic rings. The monoisotopic (exact) mass is 334 g/mol. The summed E-state index contributed by atoms with van der Waals surface area (Å²) in [6, 6.07) is 1.86. The van der Waals surface area contributed by atoms with Crippen molar-refractivity contribution in [2.75, 3.05) is 44.2 Å². The number of ether oxygens (including phenoxy) is 1. The van der Waals surface area contributed by atoms with Crippen LogP contribution in [0.4, 0.5) is 10.5 Å². The molecule has 0 spiro atoms. The Morgan fingerprint density at radius 1 is 1.21 bits per heavy atom. The molecular weight excluding hydrogens is 308 g/mol. The van der Waals surface area contributed by atoms with Gasteiger partial charge < -0.3 is 19.9 Å². The predicted octanol–water partition coefficient (Wildman–Crippen LogP) is 1.89. The number of piperazine rings is 1. The van der Waals surface area contributed by atoms with E-state index in [2.05, 4.69) is 22.1 Å². The Labute approximate surface area is 143 Å². The van der Waals surface area contributed by atoms with Gasteiger partial charge in [-0.15, -0.1) is 0 Å². The quantitative estimate of drug-likeness (QED) is 0.804. The number of amides is 2. The molecule has 0 aromatic carbocycles. The molecule has 0 radical (unpaired) electrons. The van der Waals surface area contributed by atoms with Gasteiger partial charge in [0.05, 0.1) is 24.1 Å². The first-order valence-corrected chi connectivity index (χ1v) is 8.55. The Bertz CT molecular complexity index is 557. The topological polar surface area (TPSA) is 74.8 Å².